The number of pyridine rings is 1. The lowest BCUT2D eigenvalue weighted by Gasteiger charge is -2.26. The smallest absolute Gasteiger partial charge is 0.174 e. The van der Waals surface area contributed by atoms with Crippen LogP contribution in [-0.2, 0) is 0 Å². The molecule has 1 fully saturated rings. The van der Waals surface area contributed by atoms with Crippen LogP contribution in [0.5, 0.6) is 11.5 Å². The molecule has 0 radical (unpaired) electrons. The fourth-order valence-corrected chi connectivity index (χ4v) is 5.31. The van der Waals surface area contributed by atoms with Crippen LogP contribution < -0.4 is 15.0 Å². The molecule has 3 aromatic carbocycles. The van der Waals surface area contributed by atoms with Gasteiger partial charge in [0.25, 0.3) is 0 Å². The van der Waals surface area contributed by atoms with Crippen LogP contribution in [0.1, 0.15) is 23.5 Å². The van der Waals surface area contributed by atoms with Crippen molar-refractivity contribution in [2.24, 2.45) is 0 Å². The van der Waals surface area contributed by atoms with E-state index in [0.717, 1.165) is 28.4 Å². The molecule has 0 amide bonds. The Morgan fingerprint density at radius 2 is 1.58 bits per heavy atom. The predicted octanol–water partition coefficient (Wildman–Crippen LogP) is 8.62. The van der Waals surface area contributed by atoms with Gasteiger partial charge in [0.2, 0.25) is 0 Å². The lowest BCUT2D eigenvalue weighted by atomic mass is 10.0. The minimum Gasteiger partial charge on any atom is -0.459 e. The molecule has 2 atom stereocenters. The highest BCUT2D eigenvalue weighted by molar-refractivity contribution is 7.80. The summed E-state index contributed by atoms with van der Waals surface area (Å²) in [6, 6.07) is 32.1. The van der Waals surface area contributed by atoms with Crippen LogP contribution in [0.3, 0.4) is 0 Å². The molecule has 0 unspecified atom stereocenters. The van der Waals surface area contributed by atoms with Gasteiger partial charge in [-0.3, -0.25) is 4.98 Å². The highest BCUT2D eigenvalue weighted by atomic mass is 35.5. The van der Waals surface area contributed by atoms with Crippen molar-refractivity contribution in [2.75, 3.05) is 4.90 Å². The number of aromatic nitrogens is 1. The first-order valence-corrected chi connectivity index (χ1v) is 13.1. The van der Waals surface area contributed by atoms with Gasteiger partial charge in [0, 0.05) is 17.4 Å². The van der Waals surface area contributed by atoms with E-state index in [4.69, 9.17) is 44.6 Å². The average Bonchev–Trinajstić information content (AvgIpc) is 3.56. The van der Waals surface area contributed by atoms with Crippen LogP contribution in [0, 0.1) is 0 Å². The lowest BCUT2D eigenvalue weighted by Crippen LogP contribution is -2.29. The first-order chi connectivity index (χ1) is 18.6. The van der Waals surface area contributed by atoms with E-state index in [2.05, 4.69) is 10.3 Å². The summed E-state index contributed by atoms with van der Waals surface area (Å²) < 4.78 is 12.4. The highest BCUT2D eigenvalue weighted by Gasteiger charge is 2.42. The number of thiocarbonyl (C=S) groups is 1. The molecule has 38 heavy (non-hydrogen) atoms. The van der Waals surface area contributed by atoms with Crippen molar-refractivity contribution < 1.29 is 9.15 Å². The van der Waals surface area contributed by atoms with E-state index >= 15 is 0 Å². The second-order valence-electron chi connectivity index (χ2n) is 8.71. The molecule has 5 nitrogen and oxygen atoms in total. The average molecular weight is 558 g/mol. The quantitative estimate of drug-likeness (QED) is 0.211. The summed E-state index contributed by atoms with van der Waals surface area (Å²) in [7, 11) is 0. The van der Waals surface area contributed by atoms with E-state index in [0.29, 0.717) is 26.7 Å². The van der Waals surface area contributed by atoms with Crippen LogP contribution >= 0.6 is 35.4 Å². The molecular weight excluding hydrogens is 537 g/mol. The van der Waals surface area contributed by atoms with Crippen molar-refractivity contribution in [1.82, 2.24) is 10.3 Å². The number of anilines is 1. The van der Waals surface area contributed by atoms with Gasteiger partial charge in [-0.25, -0.2) is 0 Å². The van der Waals surface area contributed by atoms with Crippen molar-refractivity contribution in [3.8, 4) is 22.8 Å². The molecule has 8 heteroatoms. The van der Waals surface area contributed by atoms with Crippen LogP contribution in [0.25, 0.3) is 11.3 Å². The third-order valence-corrected chi connectivity index (χ3v) is 7.46. The Kier molecular flexibility index (Phi) is 6.77. The molecule has 1 N–H and O–H groups in total. The maximum absolute atomic E-state index is 6.48. The Morgan fingerprint density at radius 3 is 2.34 bits per heavy atom. The molecule has 2 aromatic heterocycles. The number of rotatable bonds is 6. The zero-order valence-electron chi connectivity index (χ0n) is 19.9. The van der Waals surface area contributed by atoms with E-state index in [1.54, 1.807) is 12.3 Å². The van der Waals surface area contributed by atoms with Crippen molar-refractivity contribution in [3.05, 3.63) is 131 Å². The van der Waals surface area contributed by atoms with Crippen LogP contribution in [0.2, 0.25) is 10.0 Å². The molecule has 0 bridgehead atoms. The fourth-order valence-electron chi connectivity index (χ4n) is 4.57. The van der Waals surface area contributed by atoms with Crippen LogP contribution in [0.15, 0.2) is 114 Å². The molecule has 1 saturated heterocycles. The number of hydrogen-bond acceptors (Lipinski definition) is 4. The van der Waals surface area contributed by atoms with Gasteiger partial charge in [-0.1, -0.05) is 53.5 Å². The summed E-state index contributed by atoms with van der Waals surface area (Å²) in [5.74, 6) is 2.83. The normalized spacial score (nSPS) is 16.9. The summed E-state index contributed by atoms with van der Waals surface area (Å²) in [5.41, 5.74) is 2.47. The molecule has 0 aliphatic carbocycles. The number of nitrogens with zero attached hydrogens (tertiary/aromatic N) is 2. The Hall–Kier alpha value is -3.84. The summed E-state index contributed by atoms with van der Waals surface area (Å²) >= 11 is 18.6. The molecule has 5 aromatic rings. The Morgan fingerprint density at radius 1 is 0.816 bits per heavy atom. The van der Waals surface area contributed by atoms with Gasteiger partial charge in [0.05, 0.1) is 21.8 Å². The summed E-state index contributed by atoms with van der Waals surface area (Å²) in [6.07, 6.45) is 1.77. The number of ether oxygens (including phenoxy) is 1. The molecule has 1 aliphatic heterocycles. The molecular formula is C30H21Cl2N3O2S. The number of furan rings is 1. The highest BCUT2D eigenvalue weighted by Crippen LogP contribution is 2.44. The lowest BCUT2D eigenvalue weighted by molar-refractivity contribution is 0.439. The van der Waals surface area contributed by atoms with Gasteiger partial charge >= 0.3 is 0 Å². The monoisotopic (exact) mass is 557 g/mol. The molecule has 6 rings (SSSR count). The van der Waals surface area contributed by atoms with Gasteiger partial charge in [-0.05, 0) is 85.0 Å². The summed E-state index contributed by atoms with van der Waals surface area (Å²) in [6.45, 7) is 0. The maximum atomic E-state index is 6.48. The van der Waals surface area contributed by atoms with Crippen molar-refractivity contribution in [1.29, 1.82) is 0 Å². The fraction of sp³-hybridized carbons (Fsp3) is 0.0667. The topological polar surface area (TPSA) is 50.5 Å². The van der Waals surface area contributed by atoms with E-state index in [9.17, 15) is 0 Å². The van der Waals surface area contributed by atoms with Crippen molar-refractivity contribution in [2.45, 2.75) is 12.1 Å². The Balaban J connectivity index is 1.37. The van der Waals surface area contributed by atoms with E-state index in [-0.39, 0.29) is 12.1 Å². The molecule has 0 spiro atoms. The summed E-state index contributed by atoms with van der Waals surface area (Å²) in [4.78, 5) is 6.65. The van der Waals surface area contributed by atoms with Crippen LogP contribution in [-0.4, -0.2) is 10.1 Å². The number of benzene rings is 3. The number of halogens is 2. The Labute approximate surface area is 235 Å². The molecule has 188 valence electrons. The van der Waals surface area contributed by atoms with Gasteiger partial charge in [0.15, 0.2) is 5.11 Å². The largest absolute Gasteiger partial charge is 0.459 e. The van der Waals surface area contributed by atoms with E-state index in [1.165, 1.54) is 0 Å². The predicted molar refractivity (Wildman–Crippen MR) is 155 cm³/mol. The van der Waals surface area contributed by atoms with Crippen molar-refractivity contribution >= 4 is 46.2 Å². The van der Waals surface area contributed by atoms with E-state index in [1.807, 2.05) is 102 Å². The standard InChI is InChI=1S/C30H21Cl2N3O2S/c31-23-10-6-9-22(27(23)32)25-16-17-26(37-25)29-28(24-11-4-5-18-33-24)34-30(38)35(29)19-12-14-21(15-13-19)36-20-7-2-1-3-8-20/h1-18,28-29H,(H,34,38)/t28-,29-/m0/s1. The zero-order chi connectivity index (χ0) is 26.1. The van der Waals surface area contributed by atoms with Crippen molar-refractivity contribution in [3.63, 3.8) is 0 Å². The Bertz CT molecular complexity index is 1580. The molecule has 3 heterocycles. The van der Waals surface area contributed by atoms with Gasteiger partial charge in [-0.15, -0.1) is 0 Å². The summed E-state index contributed by atoms with van der Waals surface area (Å²) in [5, 5.41) is 4.93. The van der Waals surface area contributed by atoms with Gasteiger partial charge in [-0.2, -0.15) is 0 Å². The van der Waals surface area contributed by atoms with Crippen LogP contribution in [0.4, 0.5) is 5.69 Å². The minimum atomic E-state index is -0.301. The minimum absolute atomic E-state index is 0.238. The first kappa shape index (κ1) is 24.5. The maximum Gasteiger partial charge on any atom is 0.174 e. The first-order valence-electron chi connectivity index (χ1n) is 12.0. The number of para-hydroxylation sites is 1. The van der Waals surface area contributed by atoms with Gasteiger partial charge < -0.3 is 19.4 Å². The zero-order valence-corrected chi connectivity index (χ0v) is 22.3. The third-order valence-electron chi connectivity index (χ3n) is 6.33. The second kappa shape index (κ2) is 10.5. The van der Waals surface area contributed by atoms with Gasteiger partial charge in [0.1, 0.15) is 29.1 Å². The molecule has 0 saturated carbocycles. The third kappa shape index (κ3) is 4.74. The SMILES string of the molecule is S=C1N[C@@H](c2ccccn2)[C@H](c2ccc(-c3cccc(Cl)c3Cl)o2)N1c1ccc(Oc2ccccc2)cc1. The van der Waals surface area contributed by atoms with E-state index < -0.39 is 0 Å². The number of nitrogens with one attached hydrogen (secondary N) is 1. The molecule has 1 aliphatic rings. The number of hydrogen-bond donors (Lipinski definition) is 1. The second-order valence-corrected chi connectivity index (χ2v) is 9.88.